The minimum atomic E-state index is -0.393. The summed E-state index contributed by atoms with van der Waals surface area (Å²) in [7, 11) is 1.50. The largest absolute Gasteiger partial charge is 0.496 e. The molecular formula is C23H23FN4O2. The zero-order valence-corrected chi connectivity index (χ0v) is 16.7. The summed E-state index contributed by atoms with van der Waals surface area (Å²) in [6.45, 7) is 2.83. The summed E-state index contributed by atoms with van der Waals surface area (Å²) in [6.07, 6.45) is 1.69. The molecule has 2 heterocycles. The predicted octanol–water partition coefficient (Wildman–Crippen LogP) is 3.73. The number of nitrogen functional groups attached to an aromatic ring is 1. The molecule has 7 heteroatoms. The molecule has 1 saturated heterocycles. The number of anilines is 2. The van der Waals surface area contributed by atoms with Crippen LogP contribution in [0.3, 0.4) is 0 Å². The van der Waals surface area contributed by atoms with Crippen LogP contribution in [0.15, 0.2) is 54.7 Å². The number of rotatable bonds is 5. The Morgan fingerprint density at radius 1 is 1.17 bits per heavy atom. The average molecular weight is 406 g/mol. The molecule has 1 fully saturated rings. The van der Waals surface area contributed by atoms with Crippen LogP contribution in [-0.2, 0) is 4.74 Å². The number of hydrogen-bond donors (Lipinski definition) is 2. The molecule has 1 aromatic heterocycles. The second kappa shape index (κ2) is 8.51. The van der Waals surface area contributed by atoms with Crippen LogP contribution in [0.5, 0.6) is 5.75 Å². The van der Waals surface area contributed by atoms with Crippen molar-refractivity contribution in [1.82, 2.24) is 4.98 Å². The standard InChI is InChI=1S/C23H23FN4O2/c1-29-20-4-2-3-18(24)22(20)15-5-6-19(25)17(13-15)23(26)16-7-8-27-21(14-16)28-9-11-30-12-10-28/h2-8,13-14,26H,9-12,25H2,1H3. The lowest BCUT2D eigenvalue weighted by Crippen LogP contribution is -2.36. The van der Waals surface area contributed by atoms with E-state index in [-0.39, 0.29) is 5.71 Å². The molecule has 0 atom stereocenters. The van der Waals surface area contributed by atoms with Crippen LogP contribution in [0.1, 0.15) is 11.1 Å². The summed E-state index contributed by atoms with van der Waals surface area (Å²) in [5.41, 5.74) is 9.05. The normalized spacial score (nSPS) is 13.9. The summed E-state index contributed by atoms with van der Waals surface area (Å²) in [5.74, 6) is 0.830. The lowest BCUT2D eigenvalue weighted by Gasteiger charge is -2.28. The maximum absolute atomic E-state index is 14.5. The first-order valence-corrected chi connectivity index (χ1v) is 9.69. The highest BCUT2D eigenvalue weighted by Crippen LogP contribution is 2.34. The van der Waals surface area contributed by atoms with Crippen molar-refractivity contribution in [2.24, 2.45) is 0 Å². The Morgan fingerprint density at radius 3 is 2.73 bits per heavy atom. The number of halogens is 1. The highest BCUT2D eigenvalue weighted by atomic mass is 19.1. The molecule has 0 bridgehead atoms. The van der Waals surface area contributed by atoms with Crippen LogP contribution >= 0.6 is 0 Å². The third-order valence-electron chi connectivity index (χ3n) is 5.18. The zero-order valence-electron chi connectivity index (χ0n) is 16.7. The lowest BCUT2D eigenvalue weighted by molar-refractivity contribution is 0.122. The van der Waals surface area contributed by atoms with Crippen LogP contribution in [-0.4, -0.2) is 44.1 Å². The highest BCUT2D eigenvalue weighted by Gasteiger charge is 2.17. The van der Waals surface area contributed by atoms with Crippen molar-refractivity contribution in [2.45, 2.75) is 0 Å². The van der Waals surface area contributed by atoms with E-state index in [0.29, 0.717) is 46.9 Å². The SMILES string of the molecule is COc1cccc(F)c1-c1ccc(N)c(C(=N)c2ccnc(N3CCOCC3)c2)c1. The smallest absolute Gasteiger partial charge is 0.134 e. The second-order valence-corrected chi connectivity index (χ2v) is 7.00. The van der Waals surface area contributed by atoms with Gasteiger partial charge in [0.1, 0.15) is 17.4 Å². The number of morpholine rings is 1. The fraction of sp³-hybridized carbons (Fsp3) is 0.217. The zero-order chi connectivity index (χ0) is 21.1. The fourth-order valence-electron chi connectivity index (χ4n) is 3.58. The molecule has 1 aliphatic rings. The molecule has 3 aromatic rings. The fourth-order valence-corrected chi connectivity index (χ4v) is 3.58. The van der Waals surface area contributed by atoms with Gasteiger partial charge in [0, 0.05) is 36.1 Å². The van der Waals surface area contributed by atoms with E-state index in [1.807, 2.05) is 6.07 Å². The molecule has 154 valence electrons. The Kier molecular flexibility index (Phi) is 5.63. The number of pyridine rings is 1. The summed E-state index contributed by atoms with van der Waals surface area (Å²) in [5, 5.41) is 8.76. The quantitative estimate of drug-likeness (QED) is 0.498. The minimum absolute atomic E-state index is 0.251. The van der Waals surface area contributed by atoms with Gasteiger partial charge in [-0.1, -0.05) is 12.1 Å². The van der Waals surface area contributed by atoms with Gasteiger partial charge in [0.2, 0.25) is 0 Å². The van der Waals surface area contributed by atoms with Crippen molar-refractivity contribution in [3.05, 3.63) is 71.7 Å². The van der Waals surface area contributed by atoms with Crippen molar-refractivity contribution in [1.29, 1.82) is 5.41 Å². The van der Waals surface area contributed by atoms with Crippen LogP contribution < -0.4 is 15.4 Å². The molecule has 6 nitrogen and oxygen atoms in total. The van der Waals surface area contributed by atoms with Gasteiger partial charge in [0.15, 0.2) is 0 Å². The molecule has 0 radical (unpaired) electrons. The van der Waals surface area contributed by atoms with Crippen molar-refractivity contribution in [2.75, 3.05) is 44.0 Å². The molecule has 4 rings (SSSR count). The van der Waals surface area contributed by atoms with Crippen molar-refractivity contribution < 1.29 is 13.9 Å². The van der Waals surface area contributed by atoms with E-state index in [9.17, 15) is 4.39 Å². The Hall–Kier alpha value is -3.45. The summed E-state index contributed by atoms with van der Waals surface area (Å²) in [4.78, 5) is 6.57. The Balaban J connectivity index is 1.71. The number of nitrogens with two attached hydrogens (primary N) is 1. The monoisotopic (exact) mass is 406 g/mol. The number of nitrogens with zero attached hydrogens (tertiary/aromatic N) is 2. The Bertz CT molecular complexity index is 1080. The first-order valence-electron chi connectivity index (χ1n) is 9.69. The van der Waals surface area contributed by atoms with Crippen LogP contribution in [0.25, 0.3) is 11.1 Å². The van der Waals surface area contributed by atoms with E-state index in [1.165, 1.54) is 13.2 Å². The van der Waals surface area contributed by atoms with E-state index < -0.39 is 5.82 Å². The van der Waals surface area contributed by atoms with Crippen molar-refractivity contribution in [3.8, 4) is 16.9 Å². The summed E-state index contributed by atoms with van der Waals surface area (Å²) in [6, 6.07) is 13.5. The molecule has 0 spiro atoms. The highest BCUT2D eigenvalue weighted by molar-refractivity contribution is 6.14. The number of methoxy groups -OCH3 is 1. The molecule has 30 heavy (non-hydrogen) atoms. The van der Waals surface area contributed by atoms with Gasteiger partial charge in [0.05, 0.1) is 31.6 Å². The average Bonchev–Trinajstić information content (AvgIpc) is 2.79. The van der Waals surface area contributed by atoms with Gasteiger partial charge < -0.3 is 20.1 Å². The number of benzene rings is 2. The van der Waals surface area contributed by atoms with E-state index >= 15 is 0 Å². The summed E-state index contributed by atoms with van der Waals surface area (Å²) < 4.78 is 25.3. The van der Waals surface area contributed by atoms with E-state index in [1.54, 1.807) is 42.6 Å². The lowest BCUT2D eigenvalue weighted by atomic mass is 9.95. The van der Waals surface area contributed by atoms with Crippen molar-refractivity contribution in [3.63, 3.8) is 0 Å². The van der Waals surface area contributed by atoms with Gasteiger partial charge in [-0.25, -0.2) is 9.37 Å². The summed E-state index contributed by atoms with van der Waals surface area (Å²) >= 11 is 0. The molecule has 0 aliphatic carbocycles. The molecule has 0 unspecified atom stereocenters. The second-order valence-electron chi connectivity index (χ2n) is 7.00. The third kappa shape index (κ3) is 3.84. The molecule has 2 aromatic carbocycles. The van der Waals surface area contributed by atoms with Gasteiger partial charge >= 0.3 is 0 Å². The van der Waals surface area contributed by atoms with Gasteiger partial charge in [-0.15, -0.1) is 0 Å². The van der Waals surface area contributed by atoms with Gasteiger partial charge in [0.25, 0.3) is 0 Å². The van der Waals surface area contributed by atoms with E-state index in [4.69, 9.17) is 20.6 Å². The molecule has 0 amide bonds. The molecule has 1 aliphatic heterocycles. The van der Waals surface area contributed by atoms with Crippen molar-refractivity contribution >= 4 is 17.2 Å². The van der Waals surface area contributed by atoms with Gasteiger partial charge in [-0.05, 0) is 42.0 Å². The Morgan fingerprint density at radius 2 is 1.97 bits per heavy atom. The predicted molar refractivity (Wildman–Crippen MR) is 116 cm³/mol. The van der Waals surface area contributed by atoms with E-state index in [0.717, 1.165) is 18.9 Å². The first kappa shape index (κ1) is 19.8. The minimum Gasteiger partial charge on any atom is -0.496 e. The first-order chi connectivity index (χ1) is 14.6. The topological polar surface area (TPSA) is 84.5 Å². The number of ether oxygens (including phenoxy) is 2. The number of aromatic nitrogens is 1. The van der Waals surface area contributed by atoms with Gasteiger partial charge in [-0.2, -0.15) is 0 Å². The van der Waals surface area contributed by atoms with Crippen LogP contribution in [0.4, 0.5) is 15.9 Å². The Labute approximate surface area is 174 Å². The third-order valence-corrected chi connectivity index (χ3v) is 5.18. The molecule has 3 N–H and O–H groups in total. The number of nitrogens with one attached hydrogen (secondary N) is 1. The van der Waals surface area contributed by atoms with Crippen LogP contribution in [0, 0.1) is 11.2 Å². The maximum atomic E-state index is 14.5. The maximum Gasteiger partial charge on any atom is 0.134 e. The van der Waals surface area contributed by atoms with Crippen LogP contribution in [0.2, 0.25) is 0 Å². The molecule has 0 saturated carbocycles. The van der Waals surface area contributed by atoms with Gasteiger partial charge in [-0.3, -0.25) is 5.41 Å². The molecular weight excluding hydrogens is 383 g/mol. The van der Waals surface area contributed by atoms with E-state index in [2.05, 4.69) is 9.88 Å². The number of hydrogen-bond acceptors (Lipinski definition) is 6.